The lowest BCUT2D eigenvalue weighted by atomic mass is 9.88. The molecule has 6 heteroatoms. The largest absolute Gasteiger partial charge is 0.461 e. The van der Waals surface area contributed by atoms with E-state index in [9.17, 15) is 22.4 Å². The summed E-state index contributed by atoms with van der Waals surface area (Å²) in [6, 6.07) is 0. The van der Waals surface area contributed by atoms with Gasteiger partial charge >= 0.3 is 5.97 Å². The van der Waals surface area contributed by atoms with Gasteiger partial charge in [0.05, 0.1) is 0 Å². The molecule has 190 valence electrons. The van der Waals surface area contributed by atoms with Crippen molar-refractivity contribution in [2.75, 3.05) is 6.61 Å². The third-order valence-corrected chi connectivity index (χ3v) is 5.46. The fourth-order valence-electron chi connectivity index (χ4n) is 3.24. The highest BCUT2D eigenvalue weighted by molar-refractivity contribution is 5.69. The minimum atomic E-state index is -2.75. The summed E-state index contributed by atoms with van der Waals surface area (Å²) in [5, 5.41) is 0. The van der Waals surface area contributed by atoms with Gasteiger partial charge in [0.1, 0.15) is 6.61 Å². The lowest BCUT2D eigenvalue weighted by molar-refractivity contribution is -0.143. The summed E-state index contributed by atoms with van der Waals surface area (Å²) in [4.78, 5) is 11.8. The first-order chi connectivity index (χ1) is 16.3. The van der Waals surface area contributed by atoms with E-state index in [0.717, 1.165) is 32.6 Å². The predicted molar refractivity (Wildman–Crippen MR) is 131 cm³/mol. The maximum atomic E-state index is 14.3. The molecule has 0 aromatic heterocycles. The molecule has 0 bridgehead atoms. The van der Waals surface area contributed by atoms with E-state index in [1.54, 1.807) is 0 Å². The van der Waals surface area contributed by atoms with Crippen LogP contribution < -0.4 is 0 Å². The van der Waals surface area contributed by atoms with Crippen molar-refractivity contribution in [2.24, 2.45) is 0 Å². The van der Waals surface area contributed by atoms with Crippen molar-refractivity contribution in [3.05, 3.63) is 71.9 Å². The summed E-state index contributed by atoms with van der Waals surface area (Å²) in [6.45, 7) is 2.19. The second-order valence-electron chi connectivity index (χ2n) is 8.43. The van der Waals surface area contributed by atoms with Gasteiger partial charge in [-0.1, -0.05) is 68.4 Å². The number of esters is 1. The van der Waals surface area contributed by atoms with Gasteiger partial charge in [0, 0.05) is 12.0 Å². The zero-order valence-electron chi connectivity index (χ0n) is 20.4. The van der Waals surface area contributed by atoms with Crippen LogP contribution in [0, 0.1) is 0 Å². The third-order valence-electron chi connectivity index (χ3n) is 5.46. The first-order valence-corrected chi connectivity index (χ1v) is 12.2. The molecule has 1 rings (SSSR count). The normalized spacial score (nSPS) is 21.5. The minimum absolute atomic E-state index is 0.0489. The van der Waals surface area contributed by atoms with Crippen molar-refractivity contribution in [2.45, 2.75) is 89.9 Å². The van der Waals surface area contributed by atoms with Gasteiger partial charge in [0.15, 0.2) is 23.5 Å². The molecule has 2 nitrogen and oxygen atoms in total. The molecule has 0 saturated carbocycles. The Bertz CT molecular complexity index is 788. The Labute approximate surface area is 201 Å². The molecule has 0 aromatic rings. The first-order valence-electron chi connectivity index (χ1n) is 12.2. The zero-order chi connectivity index (χ0) is 25.2. The smallest absolute Gasteiger partial charge is 0.306 e. The number of alkyl halides is 2. The van der Waals surface area contributed by atoms with Crippen LogP contribution in [0.5, 0.6) is 0 Å². The second kappa shape index (κ2) is 17.1. The molecule has 0 saturated heterocycles. The lowest BCUT2D eigenvalue weighted by Crippen LogP contribution is -2.38. The number of hydrogen-bond acceptors (Lipinski definition) is 2. The summed E-state index contributed by atoms with van der Waals surface area (Å²) in [5.74, 6) is -3.65. The number of carbonyl (C=O) groups excluding carboxylic acids is 1. The molecule has 0 fully saturated rings. The molecular formula is C28H38F4O2. The number of rotatable bonds is 16. The fraction of sp³-hybridized carbons (Fsp3) is 0.536. The molecule has 2 atom stereocenters. The van der Waals surface area contributed by atoms with Crippen LogP contribution in [0.15, 0.2) is 71.9 Å². The fourth-order valence-corrected chi connectivity index (χ4v) is 3.24. The predicted octanol–water partition coefficient (Wildman–Crippen LogP) is 8.83. The van der Waals surface area contributed by atoms with Crippen molar-refractivity contribution >= 4 is 5.97 Å². The molecule has 0 aliphatic heterocycles. The van der Waals surface area contributed by atoms with E-state index >= 15 is 0 Å². The van der Waals surface area contributed by atoms with E-state index in [-0.39, 0.29) is 12.5 Å². The average Bonchev–Trinajstić information content (AvgIpc) is 2.80. The maximum Gasteiger partial charge on any atom is 0.306 e. The van der Waals surface area contributed by atoms with Gasteiger partial charge in [-0.3, -0.25) is 4.79 Å². The summed E-state index contributed by atoms with van der Waals surface area (Å²) in [5.41, 5.74) is -3.58. The van der Waals surface area contributed by atoms with Crippen LogP contribution in [0.2, 0.25) is 0 Å². The molecule has 0 amide bonds. The van der Waals surface area contributed by atoms with Gasteiger partial charge in [0.25, 0.3) is 0 Å². The van der Waals surface area contributed by atoms with Crippen LogP contribution in [0.25, 0.3) is 0 Å². The van der Waals surface area contributed by atoms with Crippen LogP contribution >= 0.6 is 0 Å². The SMILES string of the molecule is CCCCC/C=C\C/C=C\C/C=C\C/C=C\CCCC(=O)OCC1=C(F)C(F)=CC(F)C1(C)F. The summed E-state index contributed by atoms with van der Waals surface area (Å²) < 4.78 is 59.9. The van der Waals surface area contributed by atoms with Crippen molar-refractivity contribution in [3.8, 4) is 0 Å². The molecule has 0 spiro atoms. The van der Waals surface area contributed by atoms with Crippen molar-refractivity contribution in [1.29, 1.82) is 0 Å². The Morgan fingerprint density at radius 2 is 1.47 bits per heavy atom. The van der Waals surface area contributed by atoms with Gasteiger partial charge in [-0.25, -0.2) is 17.6 Å². The third kappa shape index (κ3) is 11.7. The number of unbranched alkanes of at least 4 members (excludes halogenated alkanes) is 4. The lowest BCUT2D eigenvalue weighted by Gasteiger charge is -2.29. The highest BCUT2D eigenvalue weighted by Crippen LogP contribution is 2.39. The van der Waals surface area contributed by atoms with Gasteiger partial charge in [-0.05, 0) is 57.9 Å². The number of hydrogen-bond donors (Lipinski definition) is 0. The highest BCUT2D eigenvalue weighted by atomic mass is 19.2. The molecule has 0 N–H and O–H groups in total. The summed E-state index contributed by atoms with van der Waals surface area (Å²) >= 11 is 0. The van der Waals surface area contributed by atoms with Crippen LogP contribution in [0.1, 0.15) is 78.1 Å². The first kappa shape index (κ1) is 29.7. The number of carbonyl (C=O) groups is 1. The zero-order valence-corrected chi connectivity index (χ0v) is 20.4. The standard InChI is InChI=1S/C28H38F4O2/c1-3-4-5-6-7-8-9-10-11-12-13-14-15-16-17-18-19-20-26(33)34-22-23-27(31)24(29)21-25(30)28(23,2)32/h7-8,10-11,13-14,16-17,21,25H,3-6,9,12,15,18-20,22H2,1-2H3/b8-7-,11-10-,14-13-,17-16-. The van der Waals surface area contributed by atoms with Crippen molar-refractivity contribution < 1.29 is 27.1 Å². The van der Waals surface area contributed by atoms with Crippen molar-refractivity contribution in [3.63, 3.8) is 0 Å². The Hall–Kier alpha value is -2.37. The number of halogens is 4. The molecule has 1 aliphatic rings. The summed E-state index contributed by atoms with van der Waals surface area (Å²) in [6.07, 6.45) is 23.6. The Balaban J connectivity index is 2.14. The van der Waals surface area contributed by atoms with E-state index in [1.807, 2.05) is 12.2 Å². The minimum Gasteiger partial charge on any atom is -0.461 e. The molecule has 1 aliphatic carbocycles. The number of ether oxygens (including phenoxy) is 1. The van der Waals surface area contributed by atoms with E-state index in [0.29, 0.717) is 12.8 Å². The Kier molecular flexibility index (Phi) is 14.9. The monoisotopic (exact) mass is 482 g/mol. The molecule has 0 radical (unpaired) electrons. The Morgan fingerprint density at radius 1 is 0.941 bits per heavy atom. The average molecular weight is 483 g/mol. The summed E-state index contributed by atoms with van der Waals surface area (Å²) in [7, 11) is 0. The van der Waals surface area contributed by atoms with E-state index < -0.39 is 41.6 Å². The Morgan fingerprint density at radius 3 is 2.03 bits per heavy atom. The van der Waals surface area contributed by atoms with Crippen molar-refractivity contribution in [1.82, 2.24) is 0 Å². The van der Waals surface area contributed by atoms with E-state index in [2.05, 4.69) is 43.4 Å². The topological polar surface area (TPSA) is 26.3 Å². The van der Waals surface area contributed by atoms with Gasteiger partial charge < -0.3 is 4.74 Å². The number of allylic oxidation sites excluding steroid dienone is 11. The highest BCUT2D eigenvalue weighted by Gasteiger charge is 2.44. The molecule has 0 heterocycles. The maximum absolute atomic E-state index is 14.3. The van der Waals surface area contributed by atoms with Gasteiger partial charge in [-0.2, -0.15) is 0 Å². The van der Waals surface area contributed by atoms with Crippen LogP contribution in [0.3, 0.4) is 0 Å². The van der Waals surface area contributed by atoms with Crippen LogP contribution in [0.4, 0.5) is 17.6 Å². The van der Waals surface area contributed by atoms with E-state index in [4.69, 9.17) is 4.74 Å². The second-order valence-corrected chi connectivity index (χ2v) is 8.43. The molecule has 2 unspecified atom stereocenters. The molecular weight excluding hydrogens is 444 g/mol. The van der Waals surface area contributed by atoms with Crippen LogP contribution in [-0.2, 0) is 9.53 Å². The molecule has 34 heavy (non-hydrogen) atoms. The quantitative estimate of drug-likeness (QED) is 0.0950. The van der Waals surface area contributed by atoms with Gasteiger partial charge in [-0.15, -0.1) is 0 Å². The van der Waals surface area contributed by atoms with Crippen LogP contribution in [-0.4, -0.2) is 24.4 Å². The van der Waals surface area contributed by atoms with Gasteiger partial charge in [0.2, 0.25) is 0 Å². The van der Waals surface area contributed by atoms with E-state index in [1.165, 1.54) is 19.3 Å². The molecule has 0 aromatic carbocycles.